The van der Waals surface area contributed by atoms with Gasteiger partial charge in [0.25, 0.3) is 0 Å². The number of amides is 1. The van der Waals surface area contributed by atoms with E-state index in [-0.39, 0.29) is 30.5 Å². The molecule has 1 aliphatic heterocycles. The normalized spacial score (nSPS) is 16.1. The lowest BCUT2D eigenvalue weighted by Crippen LogP contribution is -2.40. The van der Waals surface area contributed by atoms with Crippen LogP contribution in [0.2, 0.25) is 0 Å². The molecule has 2 N–H and O–H groups in total. The number of halogens is 3. The van der Waals surface area contributed by atoms with Gasteiger partial charge in [0.2, 0.25) is 5.91 Å². The first-order chi connectivity index (χ1) is 10.1. The second-order valence-corrected chi connectivity index (χ2v) is 5.45. The van der Waals surface area contributed by atoms with Crippen molar-refractivity contribution < 1.29 is 13.6 Å². The molecule has 0 bridgehead atoms. The molecule has 1 amide bonds. The molecule has 1 aromatic rings. The van der Waals surface area contributed by atoms with Crippen LogP contribution >= 0.6 is 12.4 Å². The van der Waals surface area contributed by atoms with Crippen LogP contribution < -0.4 is 10.6 Å². The highest BCUT2D eigenvalue weighted by molar-refractivity contribution is 5.92. The van der Waals surface area contributed by atoms with E-state index in [4.69, 9.17) is 0 Å². The summed E-state index contributed by atoms with van der Waals surface area (Å²) in [6.45, 7) is 3.06. The van der Waals surface area contributed by atoms with Crippen LogP contribution in [0.4, 0.5) is 14.5 Å². The molecule has 4 nitrogen and oxygen atoms in total. The van der Waals surface area contributed by atoms with Gasteiger partial charge in [-0.25, -0.2) is 8.78 Å². The van der Waals surface area contributed by atoms with Crippen LogP contribution in [0.3, 0.4) is 0 Å². The van der Waals surface area contributed by atoms with Crippen molar-refractivity contribution in [2.24, 2.45) is 5.92 Å². The van der Waals surface area contributed by atoms with Gasteiger partial charge in [0, 0.05) is 11.8 Å². The number of hydrogen-bond donors (Lipinski definition) is 2. The third kappa shape index (κ3) is 5.51. The lowest BCUT2D eigenvalue weighted by Gasteiger charge is -2.31. The number of anilines is 1. The zero-order chi connectivity index (χ0) is 15.2. The Morgan fingerprint density at radius 3 is 2.55 bits per heavy atom. The van der Waals surface area contributed by atoms with E-state index in [0.29, 0.717) is 5.92 Å². The summed E-state index contributed by atoms with van der Waals surface area (Å²) in [7, 11) is 1.95. The summed E-state index contributed by atoms with van der Waals surface area (Å²) in [5.74, 6) is -1.41. The SMILES string of the molecule is CNCC1CCN(CC(=O)Nc2ccc(F)c(F)c2)CC1.Cl. The molecular formula is C15H22ClF2N3O. The second kappa shape index (κ2) is 9.02. The van der Waals surface area contributed by atoms with Gasteiger partial charge in [0.05, 0.1) is 6.54 Å². The lowest BCUT2D eigenvalue weighted by atomic mass is 9.97. The number of rotatable bonds is 5. The van der Waals surface area contributed by atoms with E-state index in [9.17, 15) is 13.6 Å². The minimum absolute atomic E-state index is 0. The largest absolute Gasteiger partial charge is 0.325 e. The predicted molar refractivity (Wildman–Crippen MR) is 85.3 cm³/mol. The third-order valence-electron chi connectivity index (χ3n) is 3.77. The maximum atomic E-state index is 13.1. The van der Waals surface area contributed by atoms with Crippen molar-refractivity contribution in [3.05, 3.63) is 29.8 Å². The maximum absolute atomic E-state index is 13.1. The lowest BCUT2D eigenvalue weighted by molar-refractivity contribution is -0.117. The quantitative estimate of drug-likeness (QED) is 0.868. The summed E-state index contributed by atoms with van der Waals surface area (Å²) >= 11 is 0. The van der Waals surface area contributed by atoms with Gasteiger partial charge in [0.15, 0.2) is 11.6 Å². The van der Waals surface area contributed by atoms with Crippen LogP contribution in [-0.4, -0.2) is 44.0 Å². The van der Waals surface area contributed by atoms with Crippen molar-refractivity contribution in [2.75, 3.05) is 38.5 Å². The van der Waals surface area contributed by atoms with Crippen LogP contribution in [-0.2, 0) is 4.79 Å². The minimum Gasteiger partial charge on any atom is -0.325 e. The van der Waals surface area contributed by atoms with Gasteiger partial charge in [-0.2, -0.15) is 0 Å². The van der Waals surface area contributed by atoms with E-state index in [1.165, 1.54) is 6.07 Å². The Hall–Kier alpha value is -1.24. The molecule has 1 aromatic carbocycles. The number of nitrogens with one attached hydrogen (secondary N) is 2. The molecule has 2 rings (SSSR count). The summed E-state index contributed by atoms with van der Waals surface area (Å²) in [5.41, 5.74) is 0.281. The topological polar surface area (TPSA) is 44.4 Å². The Kier molecular flexibility index (Phi) is 7.72. The van der Waals surface area contributed by atoms with Gasteiger partial charge >= 0.3 is 0 Å². The van der Waals surface area contributed by atoms with Gasteiger partial charge in [-0.15, -0.1) is 12.4 Å². The van der Waals surface area contributed by atoms with Crippen molar-refractivity contribution in [1.82, 2.24) is 10.2 Å². The van der Waals surface area contributed by atoms with Crippen LogP contribution in [0.1, 0.15) is 12.8 Å². The van der Waals surface area contributed by atoms with E-state index < -0.39 is 11.6 Å². The summed E-state index contributed by atoms with van der Waals surface area (Å²) < 4.78 is 25.9. The fraction of sp³-hybridized carbons (Fsp3) is 0.533. The molecule has 1 saturated heterocycles. The van der Waals surface area contributed by atoms with Gasteiger partial charge in [-0.1, -0.05) is 0 Å². The number of hydrogen-bond acceptors (Lipinski definition) is 3. The monoisotopic (exact) mass is 333 g/mol. The first-order valence-electron chi connectivity index (χ1n) is 7.20. The number of likely N-dealkylation sites (tertiary alicyclic amines) is 1. The first kappa shape index (κ1) is 18.8. The van der Waals surface area contributed by atoms with E-state index in [1.54, 1.807) is 0 Å². The fourth-order valence-corrected chi connectivity index (χ4v) is 2.61. The minimum atomic E-state index is -0.958. The Morgan fingerprint density at radius 1 is 1.27 bits per heavy atom. The average Bonchev–Trinajstić information content (AvgIpc) is 2.45. The number of carbonyl (C=O) groups excluding carboxylic acids is 1. The van der Waals surface area contributed by atoms with Gasteiger partial charge in [0.1, 0.15) is 0 Å². The molecule has 22 heavy (non-hydrogen) atoms. The number of carbonyl (C=O) groups is 1. The molecule has 0 spiro atoms. The van der Waals surface area contributed by atoms with Crippen molar-refractivity contribution >= 4 is 24.0 Å². The Labute approximate surface area is 135 Å². The Balaban J connectivity index is 0.00000242. The number of nitrogens with zero attached hydrogens (tertiary/aromatic N) is 1. The van der Waals surface area contributed by atoms with E-state index in [1.807, 2.05) is 7.05 Å². The highest BCUT2D eigenvalue weighted by Crippen LogP contribution is 2.17. The molecule has 0 unspecified atom stereocenters. The summed E-state index contributed by atoms with van der Waals surface area (Å²) in [6, 6.07) is 3.36. The molecule has 1 aliphatic rings. The predicted octanol–water partition coefficient (Wildman–Crippen LogP) is 2.26. The molecule has 7 heteroatoms. The molecule has 1 heterocycles. The number of benzene rings is 1. The van der Waals surface area contributed by atoms with Crippen molar-refractivity contribution in [3.63, 3.8) is 0 Å². The standard InChI is InChI=1S/C15H21F2N3O.ClH/c1-18-9-11-4-6-20(7-5-11)10-15(21)19-12-2-3-13(16)14(17)8-12;/h2-3,8,11,18H,4-7,9-10H2,1H3,(H,19,21);1H. The fourth-order valence-electron chi connectivity index (χ4n) is 2.61. The third-order valence-corrected chi connectivity index (χ3v) is 3.77. The van der Waals surface area contributed by atoms with Gasteiger partial charge in [-0.05, 0) is 57.6 Å². The van der Waals surface area contributed by atoms with Crippen LogP contribution in [0, 0.1) is 17.6 Å². The zero-order valence-corrected chi connectivity index (χ0v) is 13.4. The Bertz CT molecular complexity index is 494. The molecule has 0 saturated carbocycles. The molecule has 1 fully saturated rings. The van der Waals surface area contributed by atoms with E-state index in [0.717, 1.165) is 44.6 Å². The van der Waals surface area contributed by atoms with Crippen LogP contribution in [0.25, 0.3) is 0 Å². The van der Waals surface area contributed by atoms with Crippen LogP contribution in [0.5, 0.6) is 0 Å². The first-order valence-corrected chi connectivity index (χ1v) is 7.20. The molecule has 0 atom stereocenters. The molecular weight excluding hydrogens is 312 g/mol. The Morgan fingerprint density at radius 2 is 1.95 bits per heavy atom. The van der Waals surface area contributed by atoms with Crippen molar-refractivity contribution in [2.45, 2.75) is 12.8 Å². The van der Waals surface area contributed by atoms with E-state index in [2.05, 4.69) is 15.5 Å². The highest BCUT2D eigenvalue weighted by Gasteiger charge is 2.20. The molecule has 0 aliphatic carbocycles. The highest BCUT2D eigenvalue weighted by atomic mass is 35.5. The van der Waals surface area contributed by atoms with Crippen molar-refractivity contribution in [3.8, 4) is 0 Å². The summed E-state index contributed by atoms with van der Waals surface area (Å²) in [5, 5.41) is 5.77. The van der Waals surface area contributed by atoms with E-state index >= 15 is 0 Å². The second-order valence-electron chi connectivity index (χ2n) is 5.45. The average molecular weight is 334 g/mol. The molecule has 0 radical (unpaired) electrons. The molecule has 124 valence electrons. The van der Waals surface area contributed by atoms with Crippen LogP contribution in [0.15, 0.2) is 18.2 Å². The van der Waals surface area contributed by atoms with Gasteiger partial charge < -0.3 is 10.6 Å². The maximum Gasteiger partial charge on any atom is 0.238 e. The van der Waals surface area contributed by atoms with Gasteiger partial charge in [-0.3, -0.25) is 9.69 Å². The summed E-state index contributed by atoms with van der Waals surface area (Å²) in [4.78, 5) is 14.0. The summed E-state index contributed by atoms with van der Waals surface area (Å²) in [6.07, 6.45) is 2.14. The zero-order valence-electron chi connectivity index (χ0n) is 12.6. The number of piperidine rings is 1. The van der Waals surface area contributed by atoms with Crippen molar-refractivity contribution in [1.29, 1.82) is 0 Å². The smallest absolute Gasteiger partial charge is 0.238 e. The molecule has 0 aromatic heterocycles.